The molecular formula is C5H8I. The first-order valence-electron chi connectivity index (χ1n) is 1.97. The van der Waals surface area contributed by atoms with E-state index in [2.05, 4.69) is 35.2 Å². The van der Waals surface area contributed by atoms with Gasteiger partial charge in [-0.1, -0.05) is 35.2 Å². The highest BCUT2D eigenvalue weighted by molar-refractivity contribution is 14.1. The molecule has 0 saturated carbocycles. The molecule has 0 rings (SSSR count). The Morgan fingerprint density at radius 3 is 2.50 bits per heavy atom. The Morgan fingerprint density at radius 2 is 2.33 bits per heavy atom. The van der Waals surface area contributed by atoms with E-state index < -0.39 is 0 Å². The lowest BCUT2D eigenvalue weighted by atomic mass is 10.3. The summed E-state index contributed by atoms with van der Waals surface area (Å²) in [5.41, 5.74) is 0. The SMILES string of the molecule is C=[C]CCCI. The zero-order valence-electron chi connectivity index (χ0n) is 3.71. The molecule has 0 amide bonds. The lowest BCUT2D eigenvalue weighted by molar-refractivity contribution is 0.969. The fourth-order valence-corrected chi connectivity index (χ4v) is 0.573. The highest BCUT2D eigenvalue weighted by atomic mass is 127. The standard InChI is InChI=1S/C5H8I/c1-2-3-4-5-6/h1,3-5H2. The molecule has 0 atom stereocenters. The van der Waals surface area contributed by atoms with E-state index in [-0.39, 0.29) is 0 Å². The van der Waals surface area contributed by atoms with Crippen LogP contribution in [-0.4, -0.2) is 4.43 Å². The summed E-state index contributed by atoms with van der Waals surface area (Å²) in [6.45, 7) is 3.47. The predicted octanol–water partition coefficient (Wildman–Crippen LogP) is 2.19. The lowest BCUT2D eigenvalue weighted by Gasteiger charge is -1.79. The smallest absolute Gasteiger partial charge is 0.000157 e. The first kappa shape index (κ1) is 6.47. The maximum absolute atomic E-state index is 3.47. The second-order valence-corrected chi connectivity index (χ2v) is 2.12. The van der Waals surface area contributed by atoms with Crippen LogP contribution in [0.3, 0.4) is 0 Å². The molecule has 0 aliphatic heterocycles. The van der Waals surface area contributed by atoms with E-state index in [0.717, 1.165) is 6.42 Å². The van der Waals surface area contributed by atoms with Crippen LogP contribution in [0, 0.1) is 6.08 Å². The Hall–Kier alpha value is 0.470. The van der Waals surface area contributed by atoms with Crippen molar-refractivity contribution in [3.8, 4) is 0 Å². The zero-order valence-corrected chi connectivity index (χ0v) is 5.86. The van der Waals surface area contributed by atoms with Gasteiger partial charge in [-0.05, 0) is 17.3 Å². The fraction of sp³-hybridized carbons (Fsp3) is 0.600. The summed E-state index contributed by atoms with van der Waals surface area (Å²) in [5, 5.41) is 0. The van der Waals surface area contributed by atoms with Crippen LogP contribution in [0.5, 0.6) is 0 Å². The van der Waals surface area contributed by atoms with E-state index in [0.29, 0.717) is 0 Å². The molecule has 35 valence electrons. The van der Waals surface area contributed by atoms with Gasteiger partial charge in [-0.15, -0.1) is 0 Å². The van der Waals surface area contributed by atoms with Gasteiger partial charge in [0.25, 0.3) is 0 Å². The van der Waals surface area contributed by atoms with Crippen molar-refractivity contribution in [2.24, 2.45) is 0 Å². The van der Waals surface area contributed by atoms with Crippen molar-refractivity contribution < 1.29 is 0 Å². The number of rotatable bonds is 3. The molecule has 0 spiro atoms. The molecule has 0 aliphatic carbocycles. The van der Waals surface area contributed by atoms with E-state index in [1.807, 2.05) is 0 Å². The largest absolute Gasteiger partial charge is 0.0956 e. The molecule has 0 aromatic carbocycles. The van der Waals surface area contributed by atoms with E-state index in [4.69, 9.17) is 0 Å². The summed E-state index contributed by atoms with van der Waals surface area (Å²) in [4.78, 5) is 0. The van der Waals surface area contributed by atoms with Gasteiger partial charge >= 0.3 is 0 Å². The molecule has 0 aromatic rings. The second-order valence-electron chi connectivity index (χ2n) is 1.04. The number of alkyl halides is 1. The van der Waals surface area contributed by atoms with Gasteiger partial charge in [-0.2, -0.15) is 0 Å². The van der Waals surface area contributed by atoms with Gasteiger partial charge in [-0.3, -0.25) is 0 Å². The number of allylic oxidation sites excluding steroid dienone is 1. The normalized spacial score (nSPS) is 8.17. The molecule has 0 N–H and O–H groups in total. The van der Waals surface area contributed by atoms with E-state index in [1.165, 1.54) is 10.8 Å². The molecule has 0 aliphatic rings. The van der Waals surface area contributed by atoms with Crippen LogP contribution in [0.2, 0.25) is 0 Å². The summed E-state index contributed by atoms with van der Waals surface area (Å²) < 4.78 is 1.22. The quantitative estimate of drug-likeness (QED) is 0.368. The molecule has 0 bridgehead atoms. The van der Waals surface area contributed by atoms with Crippen molar-refractivity contribution in [2.45, 2.75) is 12.8 Å². The Labute approximate surface area is 52.8 Å². The van der Waals surface area contributed by atoms with Crippen LogP contribution in [-0.2, 0) is 0 Å². The summed E-state index contributed by atoms with van der Waals surface area (Å²) in [5.74, 6) is 0. The van der Waals surface area contributed by atoms with Gasteiger partial charge in [-0.25, -0.2) is 0 Å². The minimum absolute atomic E-state index is 1.04. The average molecular weight is 195 g/mol. The maximum Gasteiger partial charge on any atom is -0.000157 e. The van der Waals surface area contributed by atoms with Crippen LogP contribution in [0.15, 0.2) is 6.58 Å². The van der Waals surface area contributed by atoms with E-state index >= 15 is 0 Å². The van der Waals surface area contributed by atoms with Crippen LogP contribution >= 0.6 is 22.6 Å². The fourth-order valence-electron chi connectivity index (χ4n) is 0.192. The molecule has 6 heavy (non-hydrogen) atoms. The summed E-state index contributed by atoms with van der Waals surface area (Å²) in [7, 11) is 0. The number of hydrogen-bond donors (Lipinski definition) is 0. The third-order valence-electron chi connectivity index (χ3n) is 0.487. The zero-order chi connectivity index (χ0) is 4.83. The van der Waals surface area contributed by atoms with Gasteiger partial charge < -0.3 is 0 Å². The summed E-state index contributed by atoms with van der Waals surface area (Å²) >= 11 is 2.34. The molecule has 0 heterocycles. The maximum atomic E-state index is 3.47. The average Bonchev–Trinajstić information content (AvgIpc) is 1.61. The van der Waals surface area contributed by atoms with Crippen molar-refractivity contribution in [1.29, 1.82) is 0 Å². The van der Waals surface area contributed by atoms with Gasteiger partial charge in [0.15, 0.2) is 0 Å². The van der Waals surface area contributed by atoms with Crippen molar-refractivity contribution >= 4 is 22.6 Å². The van der Waals surface area contributed by atoms with E-state index in [9.17, 15) is 0 Å². The molecule has 0 unspecified atom stereocenters. The van der Waals surface area contributed by atoms with Gasteiger partial charge in [0.05, 0.1) is 0 Å². The highest BCUT2D eigenvalue weighted by Gasteiger charge is 1.73. The molecule has 0 aromatic heterocycles. The Balaban J connectivity index is 2.49. The molecule has 0 fully saturated rings. The third-order valence-corrected chi connectivity index (χ3v) is 1.25. The van der Waals surface area contributed by atoms with Crippen molar-refractivity contribution in [1.82, 2.24) is 0 Å². The predicted molar refractivity (Wildman–Crippen MR) is 37.0 cm³/mol. The molecule has 0 saturated heterocycles. The Kier molecular flexibility index (Phi) is 5.90. The minimum Gasteiger partial charge on any atom is -0.0956 e. The topological polar surface area (TPSA) is 0 Å². The summed E-state index contributed by atoms with van der Waals surface area (Å²) in [6.07, 6.45) is 5.08. The summed E-state index contributed by atoms with van der Waals surface area (Å²) in [6, 6.07) is 0. The molecule has 1 heteroatoms. The first-order chi connectivity index (χ1) is 2.91. The van der Waals surface area contributed by atoms with Gasteiger partial charge in [0, 0.05) is 0 Å². The van der Waals surface area contributed by atoms with Crippen molar-refractivity contribution in [2.75, 3.05) is 4.43 Å². The highest BCUT2D eigenvalue weighted by Crippen LogP contribution is 1.91. The molecular weight excluding hydrogens is 187 g/mol. The Bertz CT molecular complexity index is 32.9. The van der Waals surface area contributed by atoms with Crippen LogP contribution in [0.25, 0.3) is 0 Å². The van der Waals surface area contributed by atoms with Crippen molar-refractivity contribution in [3.63, 3.8) is 0 Å². The van der Waals surface area contributed by atoms with Crippen LogP contribution in [0.1, 0.15) is 12.8 Å². The number of unbranched alkanes of at least 4 members (excludes halogenated alkanes) is 1. The molecule has 1 radical (unpaired) electrons. The van der Waals surface area contributed by atoms with Crippen LogP contribution < -0.4 is 0 Å². The van der Waals surface area contributed by atoms with Gasteiger partial charge in [0.2, 0.25) is 0 Å². The third kappa shape index (κ3) is 4.47. The molecule has 0 nitrogen and oxygen atoms in total. The Morgan fingerprint density at radius 1 is 1.67 bits per heavy atom. The van der Waals surface area contributed by atoms with Gasteiger partial charge in [0.1, 0.15) is 0 Å². The number of halogens is 1. The minimum atomic E-state index is 1.04. The first-order valence-corrected chi connectivity index (χ1v) is 3.50. The second kappa shape index (κ2) is 5.47. The number of hydrogen-bond acceptors (Lipinski definition) is 0. The van der Waals surface area contributed by atoms with E-state index in [1.54, 1.807) is 0 Å². The van der Waals surface area contributed by atoms with Crippen LogP contribution in [0.4, 0.5) is 0 Å². The lowest BCUT2D eigenvalue weighted by Crippen LogP contribution is -1.67. The monoisotopic (exact) mass is 195 g/mol. The van der Waals surface area contributed by atoms with Crippen molar-refractivity contribution in [3.05, 3.63) is 12.7 Å².